The van der Waals surface area contributed by atoms with Gasteiger partial charge in [0, 0.05) is 11.3 Å². The minimum absolute atomic E-state index is 0.109. The molecule has 3 rings (SSSR count). The number of carbonyl (C=O) groups excluding carboxylic acids is 1. The molecule has 144 valence electrons. The number of hydrazone groups is 1. The number of anilines is 1. The summed E-state index contributed by atoms with van der Waals surface area (Å²) < 4.78 is 10.8. The first-order chi connectivity index (χ1) is 13.7. The van der Waals surface area contributed by atoms with Gasteiger partial charge in [-0.05, 0) is 48.0 Å². The zero-order valence-electron chi connectivity index (χ0n) is 15.9. The van der Waals surface area contributed by atoms with Crippen LogP contribution in [0.15, 0.2) is 65.8 Å². The zero-order valence-corrected chi connectivity index (χ0v) is 15.9. The molecule has 0 aliphatic rings. The molecule has 0 spiro atoms. The Morgan fingerprint density at radius 3 is 2.61 bits per heavy atom. The van der Waals surface area contributed by atoms with Crippen LogP contribution in [0.4, 0.5) is 5.69 Å². The molecule has 28 heavy (non-hydrogen) atoms. The minimum atomic E-state index is -0.246. The molecule has 0 saturated heterocycles. The Morgan fingerprint density at radius 2 is 1.86 bits per heavy atom. The van der Waals surface area contributed by atoms with Crippen molar-refractivity contribution < 1.29 is 14.3 Å². The molecule has 0 unspecified atom stereocenters. The van der Waals surface area contributed by atoms with Gasteiger partial charge in [-0.3, -0.25) is 4.79 Å². The maximum absolute atomic E-state index is 12.1. The molecule has 0 radical (unpaired) electrons. The van der Waals surface area contributed by atoms with Gasteiger partial charge in [-0.1, -0.05) is 30.3 Å². The van der Waals surface area contributed by atoms with E-state index in [1.54, 1.807) is 13.3 Å². The molecule has 0 saturated carbocycles. The van der Waals surface area contributed by atoms with Crippen molar-refractivity contribution in [3.63, 3.8) is 0 Å². The molecular formula is C22H23N3O3. The Hall–Kier alpha value is -3.54. The van der Waals surface area contributed by atoms with Gasteiger partial charge in [-0.2, -0.15) is 5.10 Å². The number of carbonyl (C=O) groups is 1. The predicted molar refractivity (Wildman–Crippen MR) is 112 cm³/mol. The monoisotopic (exact) mass is 377 g/mol. The molecule has 0 bridgehead atoms. The second-order valence-electron chi connectivity index (χ2n) is 6.01. The first-order valence-corrected chi connectivity index (χ1v) is 9.05. The summed E-state index contributed by atoms with van der Waals surface area (Å²) in [5.74, 6) is 1.25. The number of methoxy groups -OCH3 is 1. The number of fused-ring (bicyclic) bond motifs is 1. The van der Waals surface area contributed by atoms with Gasteiger partial charge >= 0.3 is 0 Å². The van der Waals surface area contributed by atoms with Crippen LogP contribution in [0.2, 0.25) is 0 Å². The van der Waals surface area contributed by atoms with Gasteiger partial charge in [0.15, 0.2) is 0 Å². The number of nitrogens with zero attached hydrogens (tertiary/aromatic N) is 1. The van der Waals surface area contributed by atoms with E-state index in [4.69, 9.17) is 9.47 Å². The van der Waals surface area contributed by atoms with Crippen LogP contribution in [-0.2, 0) is 4.79 Å². The van der Waals surface area contributed by atoms with Crippen LogP contribution < -0.4 is 20.2 Å². The van der Waals surface area contributed by atoms with E-state index in [0.29, 0.717) is 12.4 Å². The second-order valence-corrected chi connectivity index (χ2v) is 6.01. The lowest BCUT2D eigenvalue weighted by molar-refractivity contribution is -0.119. The maximum atomic E-state index is 12.1. The van der Waals surface area contributed by atoms with Crippen molar-refractivity contribution in [2.45, 2.75) is 6.92 Å². The summed E-state index contributed by atoms with van der Waals surface area (Å²) in [7, 11) is 1.61. The number of benzene rings is 3. The highest BCUT2D eigenvalue weighted by molar-refractivity contribution is 6.02. The third kappa shape index (κ3) is 4.79. The van der Waals surface area contributed by atoms with E-state index >= 15 is 0 Å². The topological polar surface area (TPSA) is 72.0 Å². The van der Waals surface area contributed by atoms with Crippen molar-refractivity contribution >= 4 is 28.6 Å². The first-order valence-electron chi connectivity index (χ1n) is 9.05. The van der Waals surface area contributed by atoms with Crippen LogP contribution >= 0.6 is 0 Å². The van der Waals surface area contributed by atoms with E-state index in [-0.39, 0.29) is 12.5 Å². The Kier molecular flexibility index (Phi) is 6.46. The first kappa shape index (κ1) is 19.2. The number of hydrogen-bond donors (Lipinski definition) is 2. The quantitative estimate of drug-likeness (QED) is 0.463. The van der Waals surface area contributed by atoms with Crippen LogP contribution in [0, 0.1) is 0 Å². The number of rotatable bonds is 8. The van der Waals surface area contributed by atoms with E-state index in [9.17, 15) is 4.79 Å². The van der Waals surface area contributed by atoms with Crippen molar-refractivity contribution in [3.8, 4) is 11.5 Å². The smallest absolute Gasteiger partial charge is 0.259 e. The second kappa shape index (κ2) is 9.41. The SMILES string of the molecule is CCOc1ccc(NCC(=O)NN=Cc2c(OC)ccc3ccccc23)cc1. The van der Waals surface area contributed by atoms with Gasteiger partial charge in [-0.15, -0.1) is 0 Å². The lowest BCUT2D eigenvalue weighted by Crippen LogP contribution is -2.25. The van der Waals surface area contributed by atoms with Crippen LogP contribution in [-0.4, -0.2) is 32.4 Å². The molecule has 0 fully saturated rings. The number of amides is 1. The molecule has 0 atom stereocenters. The van der Waals surface area contributed by atoms with Crippen LogP contribution in [0.3, 0.4) is 0 Å². The third-order valence-electron chi connectivity index (χ3n) is 4.15. The highest BCUT2D eigenvalue weighted by Gasteiger charge is 2.06. The lowest BCUT2D eigenvalue weighted by Gasteiger charge is -2.09. The fourth-order valence-electron chi connectivity index (χ4n) is 2.81. The van der Waals surface area contributed by atoms with Gasteiger partial charge in [0.2, 0.25) is 0 Å². The Labute approximate surface area is 164 Å². The summed E-state index contributed by atoms with van der Waals surface area (Å²) in [6.07, 6.45) is 1.61. The van der Waals surface area contributed by atoms with Crippen molar-refractivity contribution in [3.05, 3.63) is 66.2 Å². The lowest BCUT2D eigenvalue weighted by atomic mass is 10.0. The Bertz CT molecular complexity index is 968. The molecule has 0 aromatic heterocycles. The van der Waals surface area contributed by atoms with E-state index in [2.05, 4.69) is 15.8 Å². The molecule has 2 N–H and O–H groups in total. The molecule has 3 aromatic rings. The van der Waals surface area contributed by atoms with E-state index < -0.39 is 0 Å². The summed E-state index contributed by atoms with van der Waals surface area (Å²) in [6.45, 7) is 2.66. The van der Waals surface area contributed by atoms with Crippen LogP contribution in [0.25, 0.3) is 10.8 Å². The Morgan fingerprint density at radius 1 is 1.07 bits per heavy atom. The largest absolute Gasteiger partial charge is 0.496 e. The van der Waals surface area contributed by atoms with E-state index in [1.165, 1.54) is 0 Å². The average Bonchev–Trinajstić information content (AvgIpc) is 2.73. The zero-order chi connectivity index (χ0) is 19.8. The van der Waals surface area contributed by atoms with Gasteiger partial charge in [0.05, 0.1) is 26.5 Å². The molecule has 6 nitrogen and oxygen atoms in total. The van der Waals surface area contributed by atoms with Gasteiger partial charge < -0.3 is 14.8 Å². The molecule has 0 aliphatic heterocycles. The van der Waals surface area contributed by atoms with E-state index in [0.717, 1.165) is 27.8 Å². The molecule has 0 aliphatic carbocycles. The fraction of sp³-hybridized carbons (Fsp3) is 0.182. The van der Waals surface area contributed by atoms with Crippen LogP contribution in [0.1, 0.15) is 12.5 Å². The summed E-state index contributed by atoms with van der Waals surface area (Å²) in [6, 6.07) is 19.3. The normalized spacial score (nSPS) is 10.8. The minimum Gasteiger partial charge on any atom is -0.496 e. The Balaban J connectivity index is 1.60. The van der Waals surface area contributed by atoms with Gasteiger partial charge in [0.25, 0.3) is 5.91 Å². The van der Waals surface area contributed by atoms with Gasteiger partial charge in [0.1, 0.15) is 11.5 Å². The highest BCUT2D eigenvalue weighted by Crippen LogP contribution is 2.26. The van der Waals surface area contributed by atoms with Crippen molar-refractivity contribution in [1.29, 1.82) is 0 Å². The third-order valence-corrected chi connectivity index (χ3v) is 4.15. The number of nitrogens with one attached hydrogen (secondary N) is 2. The van der Waals surface area contributed by atoms with E-state index in [1.807, 2.05) is 67.6 Å². The average molecular weight is 377 g/mol. The molecule has 0 heterocycles. The predicted octanol–water partition coefficient (Wildman–Crippen LogP) is 3.81. The summed E-state index contributed by atoms with van der Waals surface area (Å²) >= 11 is 0. The molecular weight excluding hydrogens is 354 g/mol. The van der Waals surface area contributed by atoms with Crippen LogP contribution in [0.5, 0.6) is 11.5 Å². The maximum Gasteiger partial charge on any atom is 0.259 e. The summed E-state index contributed by atoms with van der Waals surface area (Å²) in [5.41, 5.74) is 4.19. The molecule has 6 heteroatoms. The van der Waals surface area contributed by atoms with Crippen molar-refractivity contribution in [2.24, 2.45) is 5.10 Å². The fourth-order valence-corrected chi connectivity index (χ4v) is 2.81. The van der Waals surface area contributed by atoms with Crippen molar-refractivity contribution in [2.75, 3.05) is 25.6 Å². The summed E-state index contributed by atoms with van der Waals surface area (Å²) in [5, 5.41) is 9.22. The van der Waals surface area contributed by atoms with Gasteiger partial charge in [-0.25, -0.2) is 5.43 Å². The number of ether oxygens (including phenoxy) is 2. The molecule has 3 aromatic carbocycles. The molecule has 1 amide bonds. The van der Waals surface area contributed by atoms with Crippen molar-refractivity contribution in [1.82, 2.24) is 5.43 Å². The highest BCUT2D eigenvalue weighted by atomic mass is 16.5. The number of hydrogen-bond acceptors (Lipinski definition) is 5. The summed E-state index contributed by atoms with van der Waals surface area (Å²) in [4.78, 5) is 12.1. The standard InChI is InChI=1S/C22H23N3O3/c1-3-28-18-11-9-17(10-12-18)23-15-22(26)25-24-14-20-19-7-5-4-6-16(19)8-13-21(20)27-2/h4-14,23H,3,15H2,1-2H3,(H,25,26).